The highest BCUT2D eigenvalue weighted by Gasteiger charge is 2.33. The zero-order valence-electron chi connectivity index (χ0n) is 12.6. The summed E-state index contributed by atoms with van der Waals surface area (Å²) < 4.78 is 7.45. The molecule has 0 N–H and O–H groups in total. The molecule has 3 rings (SSSR count). The molecule has 1 aliphatic heterocycles. The van der Waals surface area contributed by atoms with E-state index in [9.17, 15) is 4.79 Å². The lowest BCUT2D eigenvalue weighted by atomic mass is 10.1. The van der Waals surface area contributed by atoms with Gasteiger partial charge in [-0.05, 0) is 18.8 Å². The molecule has 21 heavy (non-hydrogen) atoms. The minimum atomic E-state index is -0.107. The third kappa shape index (κ3) is 3.40. The number of aromatic nitrogens is 3. The van der Waals surface area contributed by atoms with Crippen molar-refractivity contribution in [3.63, 3.8) is 0 Å². The van der Waals surface area contributed by atoms with Gasteiger partial charge in [0.15, 0.2) is 5.16 Å². The molecule has 2 heterocycles. The van der Waals surface area contributed by atoms with E-state index in [1.54, 1.807) is 18.1 Å². The molecule has 0 aromatic carbocycles. The summed E-state index contributed by atoms with van der Waals surface area (Å²) in [7, 11) is 0. The molecule has 0 spiro atoms. The van der Waals surface area contributed by atoms with Gasteiger partial charge in [0.1, 0.15) is 6.33 Å². The molecule has 1 aromatic heterocycles. The lowest BCUT2D eigenvalue weighted by Gasteiger charge is -2.31. The van der Waals surface area contributed by atoms with Crippen LogP contribution in [0.15, 0.2) is 11.5 Å². The third-order valence-electron chi connectivity index (χ3n) is 3.88. The Labute approximate surface area is 129 Å². The molecular weight excluding hydrogens is 288 g/mol. The van der Waals surface area contributed by atoms with Crippen LogP contribution in [0, 0.1) is 5.92 Å². The van der Waals surface area contributed by atoms with Crippen LogP contribution in [0.25, 0.3) is 0 Å². The highest BCUT2D eigenvalue weighted by atomic mass is 32.2. The van der Waals surface area contributed by atoms with Crippen LogP contribution in [-0.2, 0) is 9.53 Å². The average molecular weight is 310 g/mol. The van der Waals surface area contributed by atoms with E-state index in [1.165, 1.54) is 12.8 Å². The van der Waals surface area contributed by atoms with Crippen molar-refractivity contribution >= 4 is 17.7 Å². The molecule has 2 aliphatic rings. The fraction of sp³-hybridized carbons (Fsp3) is 0.786. The molecule has 1 amide bonds. The summed E-state index contributed by atoms with van der Waals surface area (Å²) in [5.74, 6) is 0.457. The molecule has 1 aromatic rings. The molecule has 0 radical (unpaired) electrons. The monoisotopic (exact) mass is 310 g/mol. The topological polar surface area (TPSA) is 60.2 Å². The van der Waals surface area contributed by atoms with E-state index in [4.69, 9.17) is 4.74 Å². The van der Waals surface area contributed by atoms with Crippen molar-refractivity contribution < 1.29 is 9.53 Å². The van der Waals surface area contributed by atoms with Gasteiger partial charge in [-0.25, -0.2) is 0 Å². The molecule has 6 nitrogen and oxygen atoms in total. The molecule has 1 aliphatic carbocycles. The molecule has 1 unspecified atom stereocenters. The summed E-state index contributed by atoms with van der Waals surface area (Å²) in [5.41, 5.74) is 0. The van der Waals surface area contributed by atoms with Gasteiger partial charge in [-0.1, -0.05) is 25.6 Å². The van der Waals surface area contributed by atoms with Gasteiger partial charge in [0.05, 0.1) is 18.5 Å². The van der Waals surface area contributed by atoms with Crippen LogP contribution < -0.4 is 0 Å². The third-order valence-corrected chi connectivity index (χ3v) is 5.39. The van der Waals surface area contributed by atoms with Gasteiger partial charge in [-0.15, -0.1) is 10.2 Å². The van der Waals surface area contributed by atoms with Crippen molar-refractivity contribution in [2.45, 2.75) is 43.1 Å². The van der Waals surface area contributed by atoms with Crippen LogP contribution in [0.3, 0.4) is 0 Å². The van der Waals surface area contributed by atoms with Crippen LogP contribution in [0.5, 0.6) is 0 Å². The zero-order chi connectivity index (χ0) is 14.8. The SMILES string of the molecule is CC(C)C(Sc1nncn1C1CC1)C(=O)N1CCOCC1. The van der Waals surface area contributed by atoms with E-state index in [2.05, 4.69) is 28.6 Å². The van der Waals surface area contributed by atoms with Gasteiger partial charge in [0, 0.05) is 19.1 Å². The maximum Gasteiger partial charge on any atom is 0.236 e. The molecule has 116 valence electrons. The maximum absolute atomic E-state index is 12.8. The predicted octanol–water partition coefficient (Wildman–Crippen LogP) is 1.59. The zero-order valence-corrected chi connectivity index (χ0v) is 13.4. The Balaban J connectivity index is 1.71. The Morgan fingerprint density at radius 1 is 1.38 bits per heavy atom. The van der Waals surface area contributed by atoms with Crippen molar-refractivity contribution in [3.05, 3.63) is 6.33 Å². The Kier molecular flexibility index (Phi) is 4.49. The number of amides is 1. The van der Waals surface area contributed by atoms with Gasteiger partial charge in [0.2, 0.25) is 5.91 Å². The summed E-state index contributed by atoms with van der Waals surface area (Å²) in [4.78, 5) is 14.7. The van der Waals surface area contributed by atoms with Crippen molar-refractivity contribution in [1.29, 1.82) is 0 Å². The largest absolute Gasteiger partial charge is 0.378 e. The Bertz CT molecular complexity index is 495. The first-order chi connectivity index (χ1) is 10.2. The summed E-state index contributed by atoms with van der Waals surface area (Å²) in [6, 6.07) is 0.536. The minimum absolute atomic E-state index is 0.107. The van der Waals surface area contributed by atoms with E-state index in [1.807, 2.05) is 4.90 Å². The summed E-state index contributed by atoms with van der Waals surface area (Å²) in [6.07, 6.45) is 4.17. The number of thioether (sulfide) groups is 1. The second-order valence-corrected chi connectivity index (χ2v) is 7.08. The average Bonchev–Trinajstić information content (AvgIpc) is 3.24. The van der Waals surface area contributed by atoms with Gasteiger partial charge < -0.3 is 14.2 Å². The van der Waals surface area contributed by atoms with Crippen LogP contribution >= 0.6 is 11.8 Å². The van der Waals surface area contributed by atoms with Gasteiger partial charge >= 0.3 is 0 Å². The second-order valence-electron chi connectivity index (χ2n) is 5.97. The number of carbonyl (C=O) groups excluding carboxylic acids is 1. The van der Waals surface area contributed by atoms with E-state index in [-0.39, 0.29) is 17.1 Å². The Morgan fingerprint density at radius 2 is 2.10 bits per heavy atom. The van der Waals surface area contributed by atoms with Crippen LogP contribution in [0.1, 0.15) is 32.7 Å². The van der Waals surface area contributed by atoms with E-state index in [0.29, 0.717) is 32.3 Å². The molecule has 7 heteroatoms. The lowest BCUT2D eigenvalue weighted by Crippen LogP contribution is -2.46. The van der Waals surface area contributed by atoms with E-state index in [0.717, 1.165) is 5.16 Å². The fourth-order valence-corrected chi connectivity index (χ4v) is 3.63. The molecule has 1 atom stereocenters. The molecule has 1 saturated carbocycles. The van der Waals surface area contributed by atoms with Gasteiger partial charge in [-0.2, -0.15) is 0 Å². The van der Waals surface area contributed by atoms with Gasteiger partial charge in [0.25, 0.3) is 0 Å². The molecular formula is C14H22N4O2S. The second kappa shape index (κ2) is 6.36. The molecule has 2 fully saturated rings. The number of nitrogens with zero attached hydrogens (tertiary/aromatic N) is 4. The summed E-state index contributed by atoms with van der Waals surface area (Å²) in [5, 5.41) is 8.99. The van der Waals surface area contributed by atoms with Crippen molar-refractivity contribution in [2.24, 2.45) is 5.92 Å². The number of carbonyl (C=O) groups is 1. The number of ether oxygens (including phenoxy) is 1. The quantitative estimate of drug-likeness (QED) is 0.773. The highest BCUT2D eigenvalue weighted by Crippen LogP contribution is 2.39. The van der Waals surface area contributed by atoms with Crippen LogP contribution in [0.4, 0.5) is 0 Å². The van der Waals surface area contributed by atoms with E-state index >= 15 is 0 Å². The predicted molar refractivity (Wildman–Crippen MR) is 80.2 cm³/mol. The number of hydrogen-bond acceptors (Lipinski definition) is 5. The smallest absolute Gasteiger partial charge is 0.236 e. The number of hydrogen-bond donors (Lipinski definition) is 0. The highest BCUT2D eigenvalue weighted by molar-refractivity contribution is 8.00. The number of morpholine rings is 1. The van der Waals surface area contributed by atoms with Crippen molar-refractivity contribution in [3.8, 4) is 0 Å². The first-order valence-corrected chi connectivity index (χ1v) is 8.47. The van der Waals surface area contributed by atoms with Crippen molar-refractivity contribution in [1.82, 2.24) is 19.7 Å². The molecule has 1 saturated heterocycles. The fourth-order valence-electron chi connectivity index (χ4n) is 2.47. The normalized spacial score (nSPS) is 20.8. The minimum Gasteiger partial charge on any atom is -0.378 e. The summed E-state index contributed by atoms with van der Waals surface area (Å²) >= 11 is 1.56. The Hall–Kier alpha value is -1.08. The standard InChI is InChI=1S/C14H22N4O2S/c1-10(2)12(13(19)17-5-7-20-8-6-17)21-14-16-15-9-18(14)11-3-4-11/h9-12H,3-8H2,1-2H3. The first-order valence-electron chi connectivity index (χ1n) is 7.59. The molecule has 0 bridgehead atoms. The Morgan fingerprint density at radius 3 is 2.71 bits per heavy atom. The summed E-state index contributed by atoms with van der Waals surface area (Å²) in [6.45, 7) is 6.84. The maximum atomic E-state index is 12.8. The van der Waals surface area contributed by atoms with Crippen LogP contribution in [0.2, 0.25) is 0 Å². The first kappa shape index (κ1) is 14.8. The van der Waals surface area contributed by atoms with Crippen LogP contribution in [-0.4, -0.2) is 57.1 Å². The van der Waals surface area contributed by atoms with Crippen molar-refractivity contribution in [2.75, 3.05) is 26.3 Å². The van der Waals surface area contributed by atoms with Gasteiger partial charge in [-0.3, -0.25) is 4.79 Å². The lowest BCUT2D eigenvalue weighted by molar-refractivity contribution is -0.135. The van der Waals surface area contributed by atoms with E-state index < -0.39 is 0 Å². The number of rotatable bonds is 5.